The summed E-state index contributed by atoms with van der Waals surface area (Å²) >= 11 is 0. The Morgan fingerprint density at radius 3 is 2.71 bits per heavy atom. The Labute approximate surface area is 97.5 Å². The van der Waals surface area contributed by atoms with Crippen molar-refractivity contribution in [2.45, 2.75) is 0 Å². The normalized spacial score (nSPS) is 10.6. The van der Waals surface area contributed by atoms with Gasteiger partial charge in [-0.1, -0.05) is 18.2 Å². The lowest BCUT2D eigenvalue weighted by molar-refractivity contribution is 0.482. The maximum Gasteiger partial charge on any atom is 0.240 e. The van der Waals surface area contributed by atoms with E-state index in [-0.39, 0.29) is 5.95 Å². The lowest BCUT2D eigenvalue weighted by Gasteiger charge is -2.04. The van der Waals surface area contributed by atoms with Crippen molar-refractivity contribution in [1.29, 1.82) is 0 Å². The van der Waals surface area contributed by atoms with E-state index in [0.717, 1.165) is 5.75 Å². The molecule has 3 rings (SSSR count). The van der Waals surface area contributed by atoms with Gasteiger partial charge in [-0.3, -0.25) is 0 Å². The molecule has 0 bridgehead atoms. The molecule has 0 unspecified atom stereocenters. The first kappa shape index (κ1) is 9.65. The molecule has 0 saturated heterocycles. The summed E-state index contributed by atoms with van der Waals surface area (Å²) in [6.45, 7) is 0. The van der Waals surface area contributed by atoms with E-state index in [4.69, 9.17) is 10.5 Å². The summed E-state index contributed by atoms with van der Waals surface area (Å²) in [5, 5.41) is 3.99. The van der Waals surface area contributed by atoms with Crippen LogP contribution in [0.2, 0.25) is 0 Å². The van der Waals surface area contributed by atoms with E-state index >= 15 is 0 Å². The van der Waals surface area contributed by atoms with Crippen molar-refractivity contribution in [1.82, 2.24) is 14.6 Å². The molecule has 0 radical (unpaired) electrons. The number of nitrogens with zero attached hydrogens (tertiary/aromatic N) is 3. The summed E-state index contributed by atoms with van der Waals surface area (Å²) in [6, 6.07) is 13.2. The van der Waals surface area contributed by atoms with Crippen LogP contribution in [0.3, 0.4) is 0 Å². The van der Waals surface area contributed by atoms with E-state index in [1.807, 2.05) is 36.4 Å². The lowest BCUT2D eigenvalue weighted by atomic mass is 10.3. The van der Waals surface area contributed by atoms with Crippen molar-refractivity contribution >= 4 is 11.6 Å². The molecule has 0 spiro atoms. The third kappa shape index (κ3) is 1.90. The Hall–Kier alpha value is -2.56. The van der Waals surface area contributed by atoms with E-state index in [9.17, 15) is 0 Å². The molecule has 0 fully saturated rings. The number of pyridine rings is 1. The Morgan fingerprint density at radius 1 is 1.06 bits per heavy atom. The van der Waals surface area contributed by atoms with Crippen LogP contribution in [0.15, 0.2) is 48.7 Å². The van der Waals surface area contributed by atoms with Gasteiger partial charge in [-0.2, -0.15) is 4.98 Å². The molecule has 1 aromatic carbocycles. The number of ether oxygens (including phenoxy) is 1. The van der Waals surface area contributed by atoms with Gasteiger partial charge in [-0.05, 0) is 18.2 Å². The largest absolute Gasteiger partial charge is 0.457 e. The molecule has 84 valence electrons. The van der Waals surface area contributed by atoms with Crippen molar-refractivity contribution in [3.63, 3.8) is 0 Å². The van der Waals surface area contributed by atoms with Crippen molar-refractivity contribution in [2.24, 2.45) is 0 Å². The summed E-state index contributed by atoms with van der Waals surface area (Å²) in [4.78, 5) is 4.07. The molecular weight excluding hydrogens is 216 g/mol. The van der Waals surface area contributed by atoms with Crippen LogP contribution >= 0.6 is 0 Å². The number of para-hydroxylation sites is 1. The van der Waals surface area contributed by atoms with Gasteiger partial charge in [0, 0.05) is 12.3 Å². The highest BCUT2D eigenvalue weighted by atomic mass is 16.5. The molecule has 0 aliphatic heterocycles. The Balaban J connectivity index is 1.95. The fraction of sp³-hybridized carbons (Fsp3) is 0. The fourth-order valence-corrected chi connectivity index (χ4v) is 1.57. The maximum absolute atomic E-state index is 5.67. The zero-order valence-electron chi connectivity index (χ0n) is 8.95. The highest BCUT2D eigenvalue weighted by Gasteiger charge is 2.02. The van der Waals surface area contributed by atoms with Crippen LogP contribution in [-0.4, -0.2) is 14.6 Å². The van der Waals surface area contributed by atoms with Gasteiger partial charge >= 0.3 is 0 Å². The second kappa shape index (κ2) is 3.79. The minimum Gasteiger partial charge on any atom is -0.457 e. The van der Waals surface area contributed by atoms with Gasteiger partial charge in [-0.25, -0.2) is 4.52 Å². The molecule has 3 aromatic rings. The quantitative estimate of drug-likeness (QED) is 0.726. The summed E-state index contributed by atoms with van der Waals surface area (Å²) in [6.07, 6.45) is 1.76. The first-order valence-electron chi connectivity index (χ1n) is 5.16. The zero-order valence-corrected chi connectivity index (χ0v) is 8.95. The van der Waals surface area contributed by atoms with Gasteiger partial charge in [-0.15, -0.1) is 5.10 Å². The Morgan fingerprint density at radius 2 is 1.88 bits per heavy atom. The molecule has 5 nitrogen and oxygen atoms in total. The standard InChI is InChI=1S/C12H10N4O/c13-12-14-11-8-10(6-7-16(11)15-12)17-9-4-2-1-3-5-9/h1-8H,(H2,13,15). The Kier molecular flexibility index (Phi) is 2.15. The summed E-state index contributed by atoms with van der Waals surface area (Å²) in [5.74, 6) is 1.74. The number of hydrogen-bond acceptors (Lipinski definition) is 4. The van der Waals surface area contributed by atoms with Crippen molar-refractivity contribution in [3.05, 3.63) is 48.7 Å². The van der Waals surface area contributed by atoms with Crippen molar-refractivity contribution < 1.29 is 4.74 Å². The number of hydrogen-bond donors (Lipinski definition) is 1. The van der Waals surface area contributed by atoms with Crippen LogP contribution < -0.4 is 10.5 Å². The second-order valence-corrected chi connectivity index (χ2v) is 3.55. The molecule has 0 amide bonds. The van der Waals surface area contributed by atoms with Crippen LogP contribution in [0.1, 0.15) is 0 Å². The molecule has 0 aliphatic rings. The van der Waals surface area contributed by atoms with E-state index in [0.29, 0.717) is 11.4 Å². The van der Waals surface area contributed by atoms with Crippen LogP contribution in [0.4, 0.5) is 5.95 Å². The third-order valence-corrected chi connectivity index (χ3v) is 2.30. The SMILES string of the molecule is Nc1nc2cc(Oc3ccccc3)ccn2n1. The molecule has 2 aromatic heterocycles. The zero-order chi connectivity index (χ0) is 11.7. The minimum atomic E-state index is 0.252. The van der Waals surface area contributed by atoms with E-state index < -0.39 is 0 Å². The minimum absolute atomic E-state index is 0.252. The molecule has 0 saturated carbocycles. The average Bonchev–Trinajstić information content (AvgIpc) is 2.70. The smallest absolute Gasteiger partial charge is 0.240 e. The van der Waals surface area contributed by atoms with E-state index in [1.54, 1.807) is 16.8 Å². The molecule has 0 atom stereocenters. The van der Waals surface area contributed by atoms with Gasteiger partial charge in [0.15, 0.2) is 5.65 Å². The number of rotatable bonds is 2. The number of aromatic nitrogens is 3. The second-order valence-electron chi connectivity index (χ2n) is 3.55. The van der Waals surface area contributed by atoms with Crippen LogP contribution in [0.5, 0.6) is 11.5 Å². The molecule has 0 aliphatic carbocycles. The van der Waals surface area contributed by atoms with Gasteiger partial charge in [0.2, 0.25) is 5.95 Å². The van der Waals surface area contributed by atoms with Gasteiger partial charge in [0.1, 0.15) is 11.5 Å². The summed E-state index contributed by atoms with van der Waals surface area (Å²) in [7, 11) is 0. The number of benzene rings is 1. The Bertz CT molecular complexity index is 648. The van der Waals surface area contributed by atoms with Gasteiger partial charge < -0.3 is 10.5 Å². The third-order valence-electron chi connectivity index (χ3n) is 2.30. The monoisotopic (exact) mass is 226 g/mol. The molecule has 17 heavy (non-hydrogen) atoms. The van der Waals surface area contributed by atoms with Gasteiger partial charge in [0.25, 0.3) is 0 Å². The summed E-state index contributed by atoms with van der Waals surface area (Å²) < 4.78 is 7.28. The molecule has 2 heterocycles. The molecule has 5 heteroatoms. The lowest BCUT2D eigenvalue weighted by Crippen LogP contribution is -1.89. The highest BCUT2D eigenvalue weighted by molar-refractivity contribution is 5.47. The predicted molar refractivity (Wildman–Crippen MR) is 63.9 cm³/mol. The average molecular weight is 226 g/mol. The van der Waals surface area contributed by atoms with Crippen LogP contribution in [-0.2, 0) is 0 Å². The number of anilines is 1. The van der Waals surface area contributed by atoms with Crippen LogP contribution in [0.25, 0.3) is 5.65 Å². The summed E-state index contributed by atoms with van der Waals surface area (Å²) in [5.41, 5.74) is 6.17. The highest BCUT2D eigenvalue weighted by Crippen LogP contribution is 2.21. The fourth-order valence-electron chi connectivity index (χ4n) is 1.57. The van der Waals surface area contributed by atoms with Crippen molar-refractivity contribution in [2.75, 3.05) is 5.73 Å². The predicted octanol–water partition coefficient (Wildman–Crippen LogP) is 2.10. The topological polar surface area (TPSA) is 65.4 Å². The number of fused-ring (bicyclic) bond motifs is 1. The van der Waals surface area contributed by atoms with Crippen LogP contribution in [0, 0.1) is 0 Å². The molecule has 2 N–H and O–H groups in total. The van der Waals surface area contributed by atoms with Crippen molar-refractivity contribution in [3.8, 4) is 11.5 Å². The maximum atomic E-state index is 5.67. The van der Waals surface area contributed by atoms with Gasteiger partial charge in [0.05, 0.1) is 0 Å². The van der Waals surface area contributed by atoms with E-state index in [2.05, 4.69) is 10.1 Å². The first-order chi connectivity index (χ1) is 8.31. The first-order valence-corrected chi connectivity index (χ1v) is 5.16. The van der Waals surface area contributed by atoms with E-state index in [1.165, 1.54) is 0 Å². The molecular formula is C12H10N4O. The number of nitrogens with two attached hydrogens (primary N) is 1. The number of nitrogen functional groups attached to an aromatic ring is 1.